The lowest BCUT2D eigenvalue weighted by atomic mass is 10.0. The molecule has 0 aliphatic heterocycles. The Morgan fingerprint density at radius 3 is 2.56 bits per heavy atom. The van der Waals surface area contributed by atoms with Crippen LogP contribution in [0.15, 0.2) is 35.0 Å². The zero-order valence-corrected chi connectivity index (χ0v) is 10.7. The molecule has 18 heavy (non-hydrogen) atoms. The number of hydrogen-bond acceptors (Lipinski definition) is 4. The topological polar surface area (TPSA) is 68.0 Å². The molecule has 1 amide bonds. The first-order valence-corrected chi connectivity index (χ1v) is 5.72. The van der Waals surface area contributed by atoms with Crippen LogP contribution < -0.4 is 5.32 Å². The van der Waals surface area contributed by atoms with E-state index < -0.39 is 5.54 Å². The van der Waals surface area contributed by atoms with Gasteiger partial charge in [-0.3, -0.25) is 4.79 Å². The summed E-state index contributed by atoms with van der Waals surface area (Å²) in [6.07, 6.45) is 3.25. The number of carbonyl (C=O) groups is 1. The summed E-state index contributed by atoms with van der Waals surface area (Å²) in [5.41, 5.74) is -0.697. The number of halogens is 1. The van der Waals surface area contributed by atoms with Crippen LogP contribution >= 0.6 is 11.6 Å². The molecule has 1 N–H and O–H groups in total. The molecule has 6 heteroatoms. The van der Waals surface area contributed by atoms with Gasteiger partial charge in [0.25, 0.3) is 5.91 Å². The number of nitrogens with one attached hydrogen (secondary N) is 1. The third-order valence-corrected chi connectivity index (χ3v) is 2.55. The van der Waals surface area contributed by atoms with Gasteiger partial charge in [-0.05, 0) is 43.6 Å². The number of carbonyl (C=O) groups excluding carboxylic acids is 1. The standard InChI is InChI=1S/C12H12ClN3O2/c1-12(2,11-14-6-3-7-15-11)16-10(17)8-4-5-9(13)18-8/h3-7H,1-2H3,(H,16,17). The van der Waals surface area contributed by atoms with E-state index in [-0.39, 0.29) is 16.9 Å². The molecule has 0 fully saturated rings. The number of amides is 1. The number of nitrogens with zero attached hydrogens (tertiary/aromatic N) is 2. The summed E-state index contributed by atoms with van der Waals surface area (Å²) in [5.74, 6) is 0.319. The molecule has 0 atom stereocenters. The van der Waals surface area contributed by atoms with Crippen molar-refractivity contribution < 1.29 is 9.21 Å². The molecule has 0 saturated carbocycles. The van der Waals surface area contributed by atoms with Crippen molar-refractivity contribution in [2.45, 2.75) is 19.4 Å². The van der Waals surface area contributed by atoms with Crippen molar-refractivity contribution in [1.29, 1.82) is 0 Å². The molecule has 2 aromatic rings. The van der Waals surface area contributed by atoms with Gasteiger partial charge in [0.1, 0.15) is 0 Å². The predicted molar refractivity (Wildman–Crippen MR) is 66.2 cm³/mol. The summed E-state index contributed by atoms with van der Waals surface area (Å²) in [4.78, 5) is 20.2. The maximum absolute atomic E-state index is 11.9. The molecule has 0 bridgehead atoms. The van der Waals surface area contributed by atoms with Crippen molar-refractivity contribution >= 4 is 17.5 Å². The molecule has 0 aromatic carbocycles. The van der Waals surface area contributed by atoms with E-state index in [2.05, 4.69) is 15.3 Å². The minimum Gasteiger partial charge on any atom is -0.440 e. The van der Waals surface area contributed by atoms with Gasteiger partial charge in [0.05, 0.1) is 5.54 Å². The van der Waals surface area contributed by atoms with E-state index in [0.29, 0.717) is 5.82 Å². The van der Waals surface area contributed by atoms with Crippen LogP contribution in [0.2, 0.25) is 5.22 Å². The smallest absolute Gasteiger partial charge is 0.287 e. The van der Waals surface area contributed by atoms with E-state index in [1.165, 1.54) is 12.1 Å². The molecule has 0 aliphatic rings. The zero-order valence-electron chi connectivity index (χ0n) is 9.98. The Labute approximate surface area is 109 Å². The Morgan fingerprint density at radius 2 is 2.00 bits per heavy atom. The second-order valence-electron chi connectivity index (χ2n) is 4.26. The van der Waals surface area contributed by atoms with Crippen LogP contribution in [-0.4, -0.2) is 15.9 Å². The van der Waals surface area contributed by atoms with Crippen molar-refractivity contribution in [2.24, 2.45) is 0 Å². The molecular weight excluding hydrogens is 254 g/mol. The van der Waals surface area contributed by atoms with Gasteiger partial charge in [0.15, 0.2) is 16.8 Å². The summed E-state index contributed by atoms with van der Waals surface area (Å²) in [6.45, 7) is 3.62. The summed E-state index contributed by atoms with van der Waals surface area (Å²) in [7, 11) is 0. The molecule has 2 rings (SSSR count). The first kappa shape index (κ1) is 12.6. The van der Waals surface area contributed by atoms with Crippen molar-refractivity contribution in [3.8, 4) is 0 Å². The first-order valence-electron chi connectivity index (χ1n) is 5.34. The van der Waals surface area contributed by atoms with Crippen LogP contribution in [0.3, 0.4) is 0 Å². The van der Waals surface area contributed by atoms with Crippen LogP contribution in [0, 0.1) is 0 Å². The number of furan rings is 1. The highest BCUT2D eigenvalue weighted by Crippen LogP contribution is 2.18. The lowest BCUT2D eigenvalue weighted by Crippen LogP contribution is -2.42. The molecule has 5 nitrogen and oxygen atoms in total. The lowest BCUT2D eigenvalue weighted by Gasteiger charge is -2.23. The van der Waals surface area contributed by atoms with Gasteiger partial charge in [0.2, 0.25) is 0 Å². The third kappa shape index (κ3) is 2.68. The van der Waals surface area contributed by atoms with Crippen LogP contribution in [-0.2, 0) is 5.54 Å². The fourth-order valence-corrected chi connectivity index (χ4v) is 1.61. The highest BCUT2D eigenvalue weighted by molar-refractivity contribution is 6.29. The van der Waals surface area contributed by atoms with E-state index in [1.54, 1.807) is 18.5 Å². The summed E-state index contributed by atoms with van der Waals surface area (Å²) >= 11 is 5.62. The van der Waals surface area contributed by atoms with E-state index in [0.717, 1.165) is 0 Å². The van der Waals surface area contributed by atoms with Crippen LogP contribution in [0.1, 0.15) is 30.2 Å². The molecule has 0 saturated heterocycles. The van der Waals surface area contributed by atoms with Gasteiger partial charge < -0.3 is 9.73 Å². The first-order chi connectivity index (χ1) is 8.49. The third-order valence-electron chi connectivity index (χ3n) is 2.35. The average molecular weight is 266 g/mol. The number of aromatic nitrogens is 2. The molecule has 2 heterocycles. The molecule has 2 aromatic heterocycles. The summed E-state index contributed by atoms with van der Waals surface area (Å²) in [5, 5.41) is 2.96. The Bertz CT molecular complexity index is 551. The van der Waals surface area contributed by atoms with E-state index >= 15 is 0 Å². The quantitative estimate of drug-likeness (QED) is 0.925. The second kappa shape index (κ2) is 4.78. The normalized spacial score (nSPS) is 11.3. The van der Waals surface area contributed by atoms with Crippen molar-refractivity contribution in [2.75, 3.05) is 0 Å². The Balaban J connectivity index is 2.16. The highest BCUT2D eigenvalue weighted by Gasteiger charge is 2.27. The van der Waals surface area contributed by atoms with Crippen LogP contribution in [0.5, 0.6) is 0 Å². The Hall–Kier alpha value is -1.88. The SMILES string of the molecule is CC(C)(NC(=O)c1ccc(Cl)o1)c1ncccn1. The van der Waals surface area contributed by atoms with Crippen molar-refractivity contribution in [1.82, 2.24) is 15.3 Å². The van der Waals surface area contributed by atoms with E-state index in [1.807, 2.05) is 13.8 Å². The second-order valence-corrected chi connectivity index (χ2v) is 4.63. The van der Waals surface area contributed by atoms with Crippen molar-refractivity contribution in [3.63, 3.8) is 0 Å². The van der Waals surface area contributed by atoms with Gasteiger partial charge >= 0.3 is 0 Å². The fourth-order valence-electron chi connectivity index (χ4n) is 1.46. The number of hydrogen-bond donors (Lipinski definition) is 1. The van der Waals surface area contributed by atoms with Gasteiger partial charge in [0, 0.05) is 12.4 Å². The van der Waals surface area contributed by atoms with Gasteiger partial charge in [-0.15, -0.1) is 0 Å². The molecule has 0 spiro atoms. The molecule has 0 unspecified atom stereocenters. The summed E-state index contributed by atoms with van der Waals surface area (Å²) in [6, 6.07) is 4.75. The largest absolute Gasteiger partial charge is 0.440 e. The minimum atomic E-state index is -0.697. The predicted octanol–water partition coefficient (Wildman–Crippen LogP) is 2.39. The fraction of sp³-hybridized carbons (Fsp3) is 0.250. The van der Waals surface area contributed by atoms with E-state index in [4.69, 9.17) is 16.0 Å². The maximum Gasteiger partial charge on any atom is 0.287 e. The molecule has 0 radical (unpaired) electrons. The monoisotopic (exact) mass is 265 g/mol. The average Bonchev–Trinajstić information content (AvgIpc) is 2.77. The highest BCUT2D eigenvalue weighted by atomic mass is 35.5. The molecule has 0 aliphatic carbocycles. The Kier molecular flexibility index (Phi) is 3.34. The molecule has 94 valence electrons. The van der Waals surface area contributed by atoms with E-state index in [9.17, 15) is 4.79 Å². The van der Waals surface area contributed by atoms with Crippen LogP contribution in [0.25, 0.3) is 0 Å². The lowest BCUT2D eigenvalue weighted by molar-refractivity contribution is 0.0880. The van der Waals surface area contributed by atoms with Crippen LogP contribution in [0.4, 0.5) is 0 Å². The van der Waals surface area contributed by atoms with Gasteiger partial charge in [-0.25, -0.2) is 9.97 Å². The van der Waals surface area contributed by atoms with Crippen molar-refractivity contribution in [3.05, 3.63) is 47.4 Å². The number of rotatable bonds is 3. The maximum atomic E-state index is 11.9. The molecular formula is C12H12ClN3O2. The summed E-state index contributed by atoms with van der Waals surface area (Å²) < 4.78 is 5.04. The minimum absolute atomic E-state index is 0.156. The van der Waals surface area contributed by atoms with Gasteiger partial charge in [-0.2, -0.15) is 0 Å². The zero-order chi connectivity index (χ0) is 13.2. The van der Waals surface area contributed by atoms with Gasteiger partial charge in [-0.1, -0.05) is 0 Å². The Morgan fingerprint density at radius 1 is 1.33 bits per heavy atom.